The zero-order chi connectivity index (χ0) is 14.2. The van der Waals surface area contributed by atoms with Crippen LogP contribution in [-0.4, -0.2) is 0 Å². The average Bonchev–Trinajstić information content (AvgIpc) is 2.36. The van der Waals surface area contributed by atoms with Gasteiger partial charge in [-0.05, 0) is 42.7 Å². The second kappa shape index (κ2) is 5.59. The Kier molecular flexibility index (Phi) is 4.26. The maximum atomic E-state index is 13.8. The van der Waals surface area contributed by atoms with E-state index in [9.17, 15) is 8.78 Å². The summed E-state index contributed by atoms with van der Waals surface area (Å²) in [5.41, 5.74) is 2.51. The van der Waals surface area contributed by atoms with Crippen molar-refractivity contribution in [2.75, 3.05) is 0 Å². The van der Waals surface area contributed by atoms with Crippen LogP contribution in [-0.2, 0) is 0 Å². The van der Waals surface area contributed by atoms with E-state index in [-0.39, 0.29) is 5.56 Å². The molecule has 0 bridgehead atoms. The highest BCUT2D eigenvalue weighted by Gasteiger charge is 2.17. The van der Waals surface area contributed by atoms with Crippen molar-refractivity contribution in [3.63, 3.8) is 0 Å². The lowest BCUT2D eigenvalue weighted by atomic mass is 10.0. The Bertz CT molecular complexity index is 626. The van der Waals surface area contributed by atoms with Crippen LogP contribution in [0.5, 0.6) is 0 Å². The average molecular weight is 346 g/mol. The van der Waals surface area contributed by atoms with E-state index in [0.29, 0.717) is 5.56 Å². The molecular weight excluding hydrogens is 334 g/mol. The van der Waals surface area contributed by atoms with Crippen molar-refractivity contribution in [2.45, 2.75) is 19.2 Å². The highest BCUT2D eigenvalue weighted by molar-refractivity contribution is 9.10. The van der Waals surface area contributed by atoms with Crippen molar-refractivity contribution in [3.05, 3.63) is 68.7 Å². The lowest BCUT2D eigenvalue weighted by Gasteiger charge is -2.14. The lowest BCUT2D eigenvalue weighted by Crippen LogP contribution is -2.00. The number of halogens is 4. The third-order valence-corrected chi connectivity index (χ3v) is 4.38. The standard InChI is InChI=1S/C15H12BrClF2/c1-8-3-4-10(6-12(8)16)15(17)11-5-9(2)13(18)7-14(11)19/h3-7,15H,1-2H3. The first-order valence-corrected chi connectivity index (χ1v) is 6.98. The molecule has 2 aromatic rings. The Labute approximate surface area is 124 Å². The third kappa shape index (κ3) is 2.98. The maximum Gasteiger partial charge on any atom is 0.131 e. The number of alkyl halides is 1. The maximum absolute atomic E-state index is 13.8. The summed E-state index contributed by atoms with van der Waals surface area (Å²) in [6, 6.07) is 7.93. The van der Waals surface area contributed by atoms with Gasteiger partial charge in [0.15, 0.2) is 0 Å². The SMILES string of the molecule is Cc1cc(C(Cl)c2ccc(C)c(Br)c2)c(F)cc1F. The van der Waals surface area contributed by atoms with Crippen molar-refractivity contribution in [1.29, 1.82) is 0 Å². The molecule has 0 aliphatic heterocycles. The summed E-state index contributed by atoms with van der Waals surface area (Å²) >= 11 is 9.72. The predicted molar refractivity (Wildman–Crippen MR) is 77.7 cm³/mol. The molecule has 0 saturated heterocycles. The first kappa shape index (κ1) is 14.5. The largest absolute Gasteiger partial charge is 0.207 e. The first-order valence-electron chi connectivity index (χ1n) is 5.76. The smallest absolute Gasteiger partial charge is 0.131 e. The highest BCUT2D eigenvalue weighted by Crippen LogP contribution is 2.33. The second-order valence-corrected chi connectivity index (χ2v) is 5.78. The Hall–Kier alpha value is -0.930. The molecule has 4 heteroatoms. The molecule has 0 fully saturated rings. The fourth-order valence-corrected chi connectivity index (χ4v) is 2.52. The zero-order valence-corrected chi connectivity index (χ0v) is 12.8. The molecule has 0 aliphatic carbocycles. The van der Waals surface area contributed by atoms with Crippen LogP contribution in [0, 0.1) is 25.5 Å². The summed E-state index contributed by atoms with van der Waals surface area (Å²) in [4.78, 5) is 0. The van der Waals surface area contributed by atoms with Gasteiger partial charge in [0.1, 0.15) is 11.6 Å². The molecule has 2 aromatic carbocycles. The van der Waals surface area contributed by atoms with E-state index >= 15 is 0 Å². The van der Waals surface area contributed by atoms with Gasteiger partial charge in [-0.3, -0.25) is 0 Å². The number of hydrogen-bond acceptors (Lipinski definition) is 0. The fraction of sp³-hybridized carbons (Fsp3) is 0.200. The van der Waals surface area contributed by atoms with Gasteiger partial charge in [0, 0.05) is 16.1 Å². The molecule has 0 heterocycles. The minimum atomic E-state index is -0.642. The molecule has 0 saturated carbocycles. The van der Waals surface area contributed by atoms with Gasteiger partial charge in [-0.2, -0.15) is 0 Å². The number of aryl methyl sites for hydroxylation is 2. The van der Waals surface area contributed by atoms with Crippen LogP contribution in [0.4, 0.5) is 8.78 Å². The molecular formula is C15H12BrClF2. The molecule has 1 atom stereocenters. The molecule has 0 amide bonds. The molecule has 0 spiro atoms. The minimum absolute atomic E-state index is 0.288. The van der Waals surface area contributed by atoms with Gasteiger partial charge < -0.3 is 0 Å². The van der Waals surface area contributed by atoms with Gasteiger partial charge in [-0.25, -0.2) is 8.78 Å². The van der Waals surface area contributed by atoms with E-state index in [1.54, 1.807) is 6.92 Å². The zero-order valence-electron chi connectivity index (χ0n) is 10.5. The number of rotatable bonds is 2. The summed E-state index contributed by atoms with van der Waals surface area (Å²) in [7, 11) is 0. The van der Waals surface area contributed by atoms with Crippen LogP contribution in [0.2, 0.25) is 0 Å². The number of hydrogen-bond donors (Lipinski definition) is 0. The van der Waals surface area contributed by atoms with Gasteiger partial charge in [0.25, 0.3) is 0 Å². The first-order chi connectivity index (χ1) is 8.90. The normalized spacial score (nSPS) is 12.5. The summed E-state index contributed by atoms with van der Waals surface area (Å²) in [6.07, 6.45) is 0. The molecule has 0 radical (unpaired) electrons. The van der Waals surface area contributed by atoms with Crippen LogP contribution < -0.4 is 0 Å². The van der Waals surface area contributed by atoms with Crippen molar-refractivity contribution in [1.82, 2.24) is 0 Å². The summed E-state index contributed by atoms with van der Waals surface area (Å²) in [5.74, 6) is -1.19. The van der Waals surface area contributed by atoms with E-state index < -0.39 is 17.0 Å². The molecule has 2 rings (SSSR count). The Morgan fingerprint density at radius 1 is 1.00 bits per heavy atom. The quantitative estimate of drug-likeness (QED) is 0.615. The van der Waals surface area contributed by atoms with Crippen LogP contribution in [0.1, 0.15) is 27.6 Å². The molecule has 19 heavy (non-hydrogen) atoms. The number of benzene rings is 2. The predicted octanol–water partition coefficient (Wildman–Crippen LogP) is 5.67. The molecule has 0 aliphatic rings. The van der Waals surface area contributed by atoms with Crippen LogP contribution >= 0.6 is 27.5 Å². The van der Waals surface area contributed by atoms with Gasteiger partial charge in [-0.15, -0.1) is 11.6 Å². The topological polar surface area (TPSA) is 0 Å². The van der Waals surface area contributed by atoms with E-state index in [0.717, 1.165) is 21.7 Å². The summed E-state index contributed by atoms with van der Waals surface area (Å²) in [5, 5.41) is -0.642. The van der Waals surface area contributed by atoms with Crippen molar-refractivity contribution < 1.29 is 8.78 Å². The van der Waals surface area contributed by atoms with Crippen LogP contribution in [0.15, 0.2) is 34.8 Å². The van der Waals surface area contributed by atoms with E-state index in [1.165, 1.54) is 6.07 Å². The molecule has 0 aromatic heterocycles. The summed E-state index contributed by atoms with van der Waals surface area (Å²) < 4.78 is 28.0. The molecule has 100 valence electrons. The Balaban J connectivity index is 2.46. The Morgan fingerprint density at radius 3 is 2.32 bits per heavy atom. The monoisotopic (exact) mass is 344 g/mol. The molecule has 0 nitrogen and oxygen atoms in total. The minimum Gasteiger partial charge on any atom is -0.207 e. The van der Waals surface area contributed by atoms with Crippen LogP contribution in [0.25, 0.3) is 0 Å². The fourth-order valence-electron chi connectivity index (χ4n) is 1.82. The van der Waals surface area contributed by atoms with Crippen molar-refractivity contribution in [3.8, 4) is 0 Å². The van der Waals surface area contributed by atoms with Crippen molar-refractivity contribution in [2.24, 2.45) is 0 Å². The van der Waals surface area contributed by atoms with Gasteiger partial charge in [0.05, 0.1) is 5.38 Å². The molecule has 0 N–H and O–H groups in total. The van der Waals surface area contributed by atoms with E-state index in [2.05, 4.69) is 15.9 Å². The van der Waals surface area contributed by atoms with Crippen molar-refractivity contribution >= 4 is 27.5 Å². The Morgan fingerprint density at radius 2 is 1.68 bits per heavy atom. The van der Waals surface area contributed by atoms with Gasteiger partial charge in [-0.1, -0.05) is 28.1 Å². The summed E-state index contributed by atoms with van der Waals surface area (Å²) in [6.45, 7) is 3.55. The van der Waals surface area contributed by atoms with Gasteiger partial charge >= 0.3 is 0 Å². The van der Waals surface area contributed by atoms with Gasteiger partial charge in [0.2, 0.25) is 0 Å². The van der Waals surface area contributed by atoms with Crippen LogP contribution in [0.3, 0.4) is 0 Å². The lowest BCUT2D eigenvalue weighted by molar-refractivity contribution is 0.568. The van der Waals surface area contributed by atoms with E-state index in [1.807, 2.05) is 25.1 Å². The third-order valence-electron chi connectivity index (χ3n) is 3.04. The second-order valence-electron chi connectivity index (χ2n) is 4.49. The highest BCUT2D eigenvalue weighted by atomic mass is 79.9. The molecule has 1 unspecified atom stereocenters. The van der Waals surface area contributed by atoms with E-state index in [4.69, 9.17) is 11.6 Å².